The first-order valence-electron chi connectivity index (χ1n) is 11.8. The topological polar surface area (TPSA) is 133 Å². The summed E-state index contributed by atoms with van der Waals surface area (Å²) in [6, 6.07) is 2.93. The van der Waals surface area contributed by atoms with Gasteiger partial charge in [0.05, 0.1) is 19.9 Å². The number of ether oxygens (including phenoxy) is 1. The number of aromatic nitrogens is 5. The summed E-state index contributed by atoms with van der Waals surface area (Å²) in [5.74, 6) is 1.74. The summed E-state index contributed by atoms with van der Waals surface area (Å²) in [5.41, 5.74) is 15.7. The molecule has 2 aliphatic heterocycles. The zero-order valence-electron chi connectivity index (χ0n) is 19.0. The van der Waals surface area contributed by atoms with Crippen LogP contribution in [-0.2, 0) is 6.54 Å². The van der Waals surface area contributed by atoms with Gasteiger partial charge in [-0.15, -0.1) is 0 Å². The van der Waals surface area contributed by atoms with Gasteiger partial charge in [0.2, 0.25) is 5.95 Å². The van der Waals surface area contributed by atoms with Gasteiger partial charge in [-0.25, -0.2) is 4.98 Å². The molecule has 5 heterocycles. The molecule has 0 atom stereocenters. The Kier molecular flexibility index (Phi) is 4.88. The third-order valence-corrected chi connectivity index (χ3v) is 7.86. The first-order chi connectivity index (χ1) is 16.0. The van der Waals surface area contributed by atoms with Crippen LogP contribution >= 0.6 is 0 Å². The molecule has 10 heteroatoms. The maximum absolute atomic E-state index is 6.07. The van der Waals surface area contributed by atoms with Gasteiger partial charge < -0.3 is 26.4 Å². The molecule has 3 fully saturated rings. The zero-order valence-corrected chi connectivity index (χ0v) is 19.0. The Morgan fingerprint density at radius 2 is 1.94 bits per heavy atom. The van der Waals surface area contributed by atoms with Gasteiger partial charge in [-0.1, -0.05) is 0 Å². The molecule has 1 spiro atoms. The van der Waals surface area contributed by atoms with Gasteiger partial charge in [-0.05, 0) is 61.7 Å². The predicted molar refractivity (Wildman–Crippen MR) is 126 cm³/mol. The average molecular weight is 450 g/mol. The van der Waals surface area contributed by atoms with E-state index in [-0.39, 0.29) is 5.95 Å². The van der Waals surface area contributed by atoms with E-state index in [1.54, 1.807) is 18.0 Å². The summed E-state index contributed by atoms with van der Waals surface area (Å²) < 4.78 is 7.46. The van der Waals surface area contributed by atoms with Crippen LogP contribution in [0.1, 0.15) is 42.9 Å². The molecule has 0 amide bonds. The number of nitrogens with one attached hydrogen (secondary N) is 1. The van der Waals surface area contributed by atoms with Crippen LogP contribution in [0.4, 0.5) is 11.8 Å². The molecule has 0 bridgehead atoms. The minimum absolute atomic E-state index is 0.141. The zero-order chi connectivity index (χ0) is 22.6. The Hall–Kier alpha value is -2.98. The molecule has 2 saturated heterocycles. The second-order valence-corrected chi connectivity index (χ2v) is 9.90. The Morgan fingerprint density at radius 3 is 2.64 bits per heavy atom. The van der Waals surface area contributed by atoms with E-state index in [0.29, 0.717) is 34.7 Å². The molecular formula is C23H31N9O. The summed E-state index contributed by atoms with van der Waals surface area (Å²) in [5, 5.41) is 7.85. The fourth-order valence-corrected chi connectivity index (χ4v) is 5.88. The maximum Gasteiger partial charge on any atom is 0.222 e. The van der Waals surface area contributed by atoms with Crippen LogP contribution in [-0.4, -0.2) is 69.0 Å². The molecule has 3 aromatic rings. The Balaban J connectivity index is 1.14. The number of fused-ring (bicyclic) bond motifs is 1. The van der Waals surface area contributed by atoms with Gasteiger partial charge in [-0.3, -0.25) is 9.67 Å². The summed E-state index contributed by atoms with van der Waals surface area (Å²) in [6.07, 6.45) is 8.73. The molecule has 3 aliphatic rings. The van der Waals surface area contributed by atoms with Crippen LogP contribution in [0.25, 0.3) is 11.0 Å². The maximum atomic E-state index is 6.07. The van der Waals surface area contributed by atoms with Gasteiger partial charge in [0, 0.05) is 25.3 Å². The minimum Gasteiger partial charge on any atom is -0.495 e. The second-order valence-electron chi connectivity index (χ2n) is 9.90. The summed E-state index contributed by atoms with van der Waals surface area (Å²) in [4.78, 5) is 15.7. The quantitative estimate of drug-likeness (QED) is 0.528. The number of rotatable bonds is 5. The summed E-state index contributed by atoms with van der Waals surface area (Å²) >= 11 is 0. The molecule has 10 nitrogen and oxygen atoms in total. The lowest BCUT2D eigenvalue weighted by atomic mass is 9.61. The smallest absolute Gasteiger partial charge is 0.222 e. The van der Waals surface area contributed by atoms with E-state index in [4.69, 9.17) is 21.2 Å². The number of nitrogens with two attached hydrogens (primary N) is 2. The molecule has 1 saturated carbocycles. The largest absolute Gasteiger partial charge is 0.495 e. The van der Waals surface area contributed by atoms with Crippen molar-refractivity contribution in [2.24, 2.45) is 5.41 Å². The van der Waals surface area contributed by atoms with Crippen LogP contribution in [0.15, 0.2) is 18.5 Å². The van der Waals surface area contributed by atoms with Crippen molar-refractivity contribution >= 4 is 22.8 Å². The van der Waals surface area contributed by atoms with Gasteiger partial charge >= 0.3 is 0 Å². The van der Waals surface area contributed by atoms with Crippen molar-refractivity contribution in [2.75, 3.05) is 44.8 Å². The number of pyridine rings is 1. The molecule has 174 valence electrons. The van der Waals surface area contributed by atoms with E-state index in [0.717, 1.165) is 17.5 Å². The number of hydrogen-bond donors (Lipinski definition) is 3. The van der Waals surface area contributed by atoms with Crippen molar-refractivity contribution < 1.29 is 4.74 Å². The van der Waals surface area contributed by atoms with Crippen molar-refractivity contribution in [3.8, 4) is 5.75 Å². The number of anilines is 2. The lowest BCUT2D eigenvalue weighted by Crippen LogP contribution is -2.65. The lowest BCUT2D eigenvalue weighted by Gasteiger charge is -2.58. The van der Waals surface area contributed by atoms with Crippen molar-refractivity contribution in [1.82, 2.24) is 34.9 Å². The highest BCUT2D eigenvalue weighted by Crippen LogP contribution is 2.47. The van der Waals surface area contributed by atoms with E-state index in [2.05, 4.69) is 31.3 Å². The van der Waals surface area contributed by atoms with E-state index >= 15 is 0 Å². The average Bonchev–Trinajstić information content (AvgIpc) is 3.15. The van der Waals surface area contributed by atoms with Gasteiger partial charge in [0.15, 0.2) is 5.82 Å². The van der Waals surface area contributed by atoms with Gasteiger partial charge in [-0.2, -0.15) is 10.1 Å². The lowest BCUT2D eigenvalue weighted by molar-refractivity contribution is -0.0432. The van der Waals surface area contributed by atoms with Gasteiger partial charge in [0.25, 0.3) is 0 Å². The first kappa shape index (κ1) is 20.6. The number of nitrogens with zero attached hydrogens (tertiary/aromatic N) is 6. The van der Waals surface area contributed by atoms with Crippen LogP contribution in [0.5, 0.6) is 5.75 Å². The first-order valence-corrected chi connectivity index (χ1v) is 11.8. The molecule has 5 N–H and O–H groups in total. The number of likely N-dealkylation sites (tertiary alicyclic amines) is 1. The van der Waals surface area contributed by atoms with E-state index in [1.807, 2.05) is 6.20 Å². The highest BCUT2D eigenvalue weighted by Gasteiger charge is 2.50. The fraction of sp³-hybridized carbons (Fsp3) is 0.565. The third-order valence-electron chi connectivity index (χ3n) is 7.86. The summed E-state index contributed by atoms with van der Waals surface area (Å²) in [7, 11) is 1.69. The van der Waals surface area contributed by atoms with Crippen molar-refractivity contribution in [3.63, 3.8) is 0 Å². The number of methoxy groups -OCH3 is 1. The normalized spacial score (nSPS) is 21.2. The molecule has 3 aromatic heterocycles. The monoisotopic (exact) mass is 449 g/mol. The molecular weight excluding hydrogens is 418 g/mol. The van der Waals surface area contributed by atoms with Crippen molar-refractivity contribution in [2.45, 2.75) is 44.2 Å². The molecule has 6 rings (SSSR count). The molecule has 0 unspecified atom stereocenters. The van der Waals surface area contributed by atoms with Gasteiger partial charge in [0.1, 0.15) is 22.5 Å². The van der Waals surface area contributed by atoms with E-state index in [1.165, 1.54) is 57.4 Å². The standard InChI is InChI=1S/C23H31N9O/c1-33-19-6-15(14-2-4-31(5-3-14)16-7-23(8-16)12-26-13-23)9-27-18(19)11-32-20-17(10-28-32)29-22(25)30-21(20)24/h6,9-10,14,16,26H,2-5,7-8,11-13H2,1H3,(H4,24,25,29,30). The van der Waals surface area contributed by atoms with Crippen molar-refractivity contribution in [1.29, 1.82) is 0 Å². The molecule has 0 radical (unpaired) electrons. The minimum atomic E-state index is 0.141. The fourth-order valence-electron chi connectivity index (χ4n) is 5.88. The van der Waals surface area contributed by atoms with Crippen LogP contribution in [0.3, 0.4) is 0 Å². The van der Waals surface area contributed by atoms with Crippen molar-refractivity contribution in [3.05, 3.63) is 29.7 Å². The van der Waals surface area contributed by atoms with E-state index < -0.39 is 0 Å². The predicted octanol–water partition coefficient (Wildman–Crippen LogP) is 1.37. The Bertz CT molecular complexity index is 1170. The number of nitrogen functional groups attached to an aromatic ring is 2. The Morgan fingerprint density at radius 1 is 1.15 bits per heavy atom. The highest BCUT2D eigenvalue weighted by atomic mass is 16.5. The highest BCUT2D eigenvalue weighted by molar-refractivity contribution is 5.85. The number of hydrogen-bond acceptors (Lipinski definition) is 9. The molecule has 1 aliphatic carbocycles. The molecule has 33 heavy (non-hydrogen) atoms. The SMILES string of the molecule is COc1cc(C2CCN(C3CC4(CNC4)C3)CC2)cnc1Cn1ncc2nc(N)nc(N)c21. The Labute approximate surface area is 192 Å². The number of piperidine rings is 1. The van der Waals surface area contributed by atoms with Crippen LogP contribution in [0, 0.1) is 5.41 Å². The van der Waals surface area contributed by atoms with Crippen LogP contribution in [0.2, 0.25) is 0 Å². The molecule has 0 aromatic carbocycles. The second kappa shape index (κ2) is 7.81. The third kappa shape index (κ3) is 3.57. The van der Waals surface area contributed by atoms with E-state index in [9.17, 15) is 0 Å². The van der Waals surface area contributed by atoms with Crippen LogP contribution < -0.4 is 21.5 Å². The summed E-state index contributed by atoms with van der Waals surface area (Å²) in [6.45, 7) is 5.20.